The maximum absolute atomic E-state index is 10.9. The topological polar surface area (TPSA) is 29.1 Å². The molecule has 0 saturated heterocycles. The van der Waals surface area contributed by atoms with Crippen LogP contribution in [-0.4, -0.2) is 19.4 Å². The highest BCUT2D eigenvalue weighted by Gasteiger charge is 2.13. The molecule has 0 saturated carbocycles. The van der Waals surface area contributed by atoms with Gasteiger partial charge in [-0.05, 0) is 18.5 Å². The van der Waals surface area contributed by atoms with Crippen molar-refractivity contribution in [1.29, 1.82) is 0 Å². The third-order valence-electron chi connectivity index (χ3n) is 1.49. The number of hydrogen-bond acceptors (Lipinski definition) is 1. The largest absolute Gasteiger partial charge is 0.350 e. The molecule has 0 aromatic rings. The van der Waals surface area contributed by atoms with E-state index in [1.165, 1.54) is 6.08 Å². The summed E-state index contributed by atoms with van der Waals surface area (Å²) in [6.45, 7) is 5.35. The second kappa shape index (κ2) is 6.52. The molecule has 1 atom stereocenters. The zero-order chi connectivity index (χ0) is 9.56. The Labute approximate surface area is 83.9 Å². The van der Waals surface area contributed by atoms with Gasteiger partial charge in [-0.15, -0.1) is 0 Å². The molecule has 0 aliphatic carbocycles. The maximum atomic E-state index is 10.9. The highest BCUT2D eigenvalue weighted by atomic mass is 35.7. The van der Waals surface area contributed by atoms with Gasteiger partial charge in [-0.1, -0.05) is 13.5 Å². The van der Waals surface area contributed by atoms with Crippen LogP contribution in [0.4, 0.5) is 0 Å². The van der Waals surface area contributed by atoms with Gasteiger partial charge in [0, 0.05) is 6.04 Å². The van der Waals surface area contributed by atoms with E-state index in [1.807, 2.05) is 6.92 Å². The minimum absolute atomic E-state index is 0.0992. The van der Waals surface area contributed by atoms with Crippen molar-refractivity contribution in [2.75, 3.05) is 0 Å². The van der Waals surface area contributed by atoms with E-state index in [-0.39, 0.29) is 11.9 Å². The van der Waals surface area contributed by atoms with E-state index >= 15 is 0 Å². The van der Waals surface area contributed by atoms with Gasteiger partial charge in [-0.3, -0.25) is 4.79 Å². The number of halogens is 2. The lowest BCUT2D eigenvalue weighted by atomic mass is 10.2. The molecule has 12 heavy (non-hydrogen) atoms. The molecule has 0 aliphatic rings. The number of amides is 1. The molecule has 0 aliphatic heterocycles. The van der Waals surface area contributed by atoms with Crippen LogP contribution in [0.2, 0.25) is 6.04 Å². The molecule has 5 heteroatoms. The molecular formula is C7H13Cl2NOSi. The van der Waals surface area contributed by atoms with Crippen LogP contribution < -0.4 is 5.32 Å². The van der Waals surface area contributed by atoms with E-state index in [9.17, 15) is 4.79 Å². The van der Waals surface area contributed by atoms with Crippen molar-refractivity contribution in [2.24, 2.45) is 0 Å². The molecule has 2 nitrogen and oxygen atoms in total. The minimum atomic E-state index is -1.62. The average Bonchev–Trinajstić information content (AvgIpc) is 2.02. The van der Waals surface area contributed by atoms with E-state index in [0.29, 0.717) is 6.04 Å². The van der Waals surface area contributed by atoms with Gasteiger partial charge >= 0.3 is 0 Å². The van der Waals surface area contributed by atoms with Crippen LogP contribution in [0.5, 0.6) is 0 Å². The molecule has 0 bridgehead atoms. The van der Waals surface area contributed by atoms with Crippen molar-refractivity contribution in [3.8, 4) is 0 Å². The fourth-order valence-electron chi connectivity index (χ4n) is 0.803. The highest BCUT2D eigenvalue weighted by molar-refractivity contribution is 7.33. The molecule has 1 amide bonds. The molecule has 1 N–H and O–H groups in total. The number of nitrogens with one attached hydrogen (secondary N) is 1. The van der Waals surface area contributed by atoms with Crippen molar-refractivity contribution in [3.05, 3.63) is 12.7 Å². The summed E-state index contributed by atoms with van der Waals surface area (Å²) in [6, 6.07) is 0.807. The van der Waals surface area contributed by atoms with Gasteiger partial charge in [-0.25, -0.2) is 0 Å². The van der Waals surface area contributed by atoms with Gasteiger partial charge in [0.2, 0.25) is 13.3 Å². The number of hydrogen-bond donors (Lipinski definition) is 1. The Bertz CT molecular complexity index is 163. The molecule has 0 rings (SSSR count). The normalized spacial score (nSPS) is 12.7. The second-order valence-electron chi connectivity index (χ2n) is 2.44. The van der Waals surface area contributed by atoms with Gasteiger partial charge in [0.15, 0.2) is 0 Å². The van der Waals surface area contributed by atoms with Crippen LogP contribution in [0.3, 0.4) is 0 Å². The first-order chi connectivity index (χ1) is 5.60. The quantitative estimate of drug-likeness (QED) is 0.432. The minimum Gasteiger partial charge on any atom is -0.350 e. The standard InChI is InChI=1S/C7H13Cl2NOSi/c1-3-6(5-12(8)9)10-7(11)4-2/h4,6,12H,2-3,5H2,1H3,(H,10,11). The smallest absolute Gasteiger partial charge is 0.243 e. The summed E-state index contributed by atoms with van der Waals surface area (Å²) in [5.74, 6) is -0.162. The number of carbonyl (C=O) groups excluding carboxylic acids is 1. The first kappa shape index (κ1) is 12.0. The Kier molecular flexibility index (Phi) is 6.52. The van der Waals surface area contributed by atoms with Gasteiger partial charge < -0.3 is 5.32 Å². The molecule has 0 spiro atoms. The second-order valence-corrected chi connectivity index (χ2v) is 7.53. The van der Waals surface area contributed by atoms with E-state index in [4.69, 9.17) is 22.2 Å². The molecular weight excluding hydrogens is 213 g/mol. The Morgan fingerprint density at radius 2 is 2.33 bits per heavy atom. The number of rotatable bonds is 5. The molecule has 70 valence electrons. The average molecular weight is 226 g/mol. The van der Waals surface area contributed by atoms with E-state index < -0.39 is 7.42 Å². The van der Waals surface area contributed by atoms with Gasteiger partial charge in [0.25, 0.3) is 0 Å². The Hall–Kier alpha value is 0.00688. The van der Waals surface area contributed by atoms with Crippen LogP contribution >= 0.6 is 22.2 Å². The van der Waals surface area contributed by atoms with Crippen LogP contribution in [0.15, 0.2) is 12.7 Å². The summed E-state index contributed by atoms with van der Waals surface area (Å²) in [5, 5.41) is 2.76. The first-order valence-corrected chi connectivity index (χ1v) is 8.12. The summed E-state index contributed by atoms with van der Waals surface area (Å²) in [7, 11) is -1.62. The van der Waals surface area contributed by atoms with Crippen LogP contribution in [0.1, 0.15) is 13.3 Å². The van der Waals surface area contributed by atoms with Gasteiger partial charge in [0.1, 0.15) is 0 Å². The molecule has 0 radical (unpaired) electrons. The predicted octanol–water partition coefficient (Wildman–Crippen LogP) is 1.77. The summed E-state index contributed by atoms with van der Waals surface area (Å²) in [6.07, 6.45) is 2.10. The summed E-state index contributed by atoms with van der Waals surface area (Å²) >= 11 is 11.4. The van der Waals surface area contributed by atoms with Crippen LogP contribution in [-0.2, 0) is 4.79 Å². The lowest BCUT2D eigenvalue weighted by Crippen LogP contribution is -2.34. The van der Waals surface area contributed by atoms with Crippen LogP contribution in [0, 0.1) is 0 Å². The summed E-state index contributed by atoms with van der Waals surface area (Å²) in [5.41, 5.74) is 0. The van der Waals surface area contributed by atoms with Crippen molar-refractivity contribution >= 4 is 35.5 Å². The molecule has 1 unspecified atom stereocenters. The fraction of sp³-hybridized carbons (Fsp3) is 0.571. The molecule has 0 aromatic carbocycles. The van der Waals surface area contributed by atoms with Crippen molar-refractivity contribution in [3.63, 3.8) is 0 Å². The third kappa shape index (κ3) is 5.63. The Balaban J connectivity index is 3.82. The lowest BCUT2D eigenvalue weighted by Gasteiger charge is -2.15. The van der Waals surface area contributed by atoms with Crippen molar-refractivity contribution in [1.82, 2.24) is 5.32 Å². The third-order valence-corrected chi connectivity index (χ3v) is 3.48. The van der Waals surface area contributed by atoms with Gasteiger partial charge in [-0.2, -0.15) is 22.2 Å². The maximum Gasteiger partial charge on any atom is 0.243 e. The van der Waals surface area contributed by atoms with Crippen molar-refractivity contribution < 1.29 is 4.79 Å². The summed E-state index contributed by atoms with van der Waals surface area (Å²) < 4.78 is 0. The molecule has 0 aromatic heterocycles. The van der Waals surface area contributed by atoms with E-state index in [1.54, 1.807) is 0 Å². The van der Waals surface area contributed by atoms with E-state index in [2.05, 4.69) is 11.9 Å². The SMILES string of the molecule is C=CC(=O)NC(CC)C[SiH](Cl)Cl. The van der Waals surface area contributed by atoms with Crippen molar-refractivity contribution in [2.45, 2.75) is 25.4 Å². The Morgan fingerprint density at radius 3 is 2.67 bits per heavy atom. The molecule has 0 fully saturated rings. The Morgan fingerprint density at radius 1 is 1.75 bits per heavy atom. The molecule has 0 heterocycles. The summed E-state index contributed by atoms with van der Waals surface area (Å²) in [4.78, 5) is 10.9. The number of carbonyl (C=O) groups is 1. The first-order valence-electron chi connectivity index (χ1n) is 3.81. The van der Waals surface area contributed by atoms with E-state index in [0.717, 1.165) is 6.42 Å². The van der Waals surface area contributed by atoms with Crippen LogP contribution in [0.25, 0.3) is 0 Å². The zero-order valence-corrected chi connectivity index (χ0v) is 9.68. The zero-order valence-electron chi connectivity index (χ0n) is 7.02. The highest BCUT2D eigenvalue weighted by Crippen LogP contribution is 2.09. The monoisotopic (exact) mass is 225 g/mol. The lowest BCUT2D eigenvalue weighted by molar-refractivity contribution is -0.117. The predicted molar refractivity (Wildman–Crippen MR) is 56.1 cm³/mol. The fourth-order valence-corrected chi connectivity index (χ4v) is 2.97. The van der Waals surface area contributed by atoms with Gasteiger partial charge in [0.05, 0.1) is 0 Å².